The molecule has 1 atom stereocenters. The molecule has 0 spiro atoms. The summed E-state index contributed by atoms with van der Waals surface area (Å²) in [5.74, 6) is 0. The van der Waals surface area contributed by atoms with Crippen LogP contribution in [-0.4, -0.2) is 91.4 Å². The number of hydrogen-bond acceptors (Lipinski definition) is 28. The summed E-state index contributed by atoms with van der Waals surface area (Å²) >= 11 is 3.12. The average molecular weight is 1430 g/mol. The molecule has 0 aliphatic heterocycles. The van der Waals surface area contributed by atoms with E-state index < -0.39 is 45.8 Å². The normalized spacial score (nSPS) is 11.6. The Morgan fingerprint density at radius 3 is 1.35 bits per heavy atom. The highest BCUT2D eigenvalue weighted by atomic mass is 32.3. The smallest absolute Gasteiger partial charge is 0.389 e. The molecule has 0 saturated heterocycles. The van der Waals surface area contributed by atoms with E-state index in [1.807, 2.05) is 13.0 Å². The number of benzene rings is 7. The molecule has 0 fully saturated rings. The number of nitrogen functional groups attached to an aromatic ring is 1. The molecule has 506 valence electrons. The van der Waals surface area contributed by atoms with Gasteiger partial charge < -0.3 is 15.5 Å². The van der Waals surface area contributed by atoms with Crippen LogP contribution in [0.25, 0.3) is 32.7 Å². The van der Waals surface area contributed by atoms with Crippen molar-refractivity contribution in [2.45, 2.75) is 62.1 Å². The lowest BCUT2D eigenvalue weighted by Gasteiger charge is -2.24. The van der Waals surface area contributed by atoms with Gasteiger partial charge in [-0.1, -0.05) is 83.6 Å². The van der Waals surface area contributed by atoms with E-state index in [0.29, 0.717) is 37.3 Å². The molecular weight excluding hydrogens is 1370 g/mol. The van der Waals surface area contributed by atoms with Gasteiger partial charge in [0.15, 0.2) is 10.0 Å². The number of nitro groups is 3. The van der Waals surface area contributed by atoms with Crippen molar-refractivity contribution in [2.24, 2.45) is 24.4 Å². The number of rotatable bonds is 17. The number of azo groups is 1. The van der Waals surface area contributed by atoms with E-state index >= 15 is 0 Å². The minimum atomic E-state index is -4.67. The number of hydrogen-bond donors (Lipinski definition) is 7. The molecule has 7 aromatic carbocycles. The van der Waals surface area contributed by atoms with Gasteiger partial charge in [-0.2, -0.15) is 34.2 Å². The van der Waals surface area contributed by atoms with E-state index in [0.717, 1.165) is 66.2 Å². The van der Waals surface area contributed by atoms with Crippen molar-refractivity contribution in [3.63, 3.8) is 0 Å². The van der Waals surface area contributed by atoms with Crippen molar-refractivity contribution in [1.82, 2.24) is 13.1 Å². The first-order chi connectivity index (χ1) is 44.4. The maximum Gasteiger partial charge on any atom is 0.425 e. The molecule has 3 heterocycles. The fourth-order valence-corrected chi connectivity index (χ4v) is 10.1. The molecule has 0 radical (unpaired) electrons. The summed E-state index contributed by atoms with van der Waals surface area (Å²) in [7, 11) is -13.4. The summed E-state index contributed by atoms with van der Waals surface area (Å²) in [5.41, 5.74) is 18.0. The molecule has 3 aromatic heterocycles. The van der Waals surface area contributed by atoms with Gasteiger partial charge >= 0.3 is 31.0 Å². The van der Waals surface area contributed by atoms with Gasteiger partial charge in [0, 0.05) is 90.1 Å². The fourth-order valence-electron chi connectivity index (χ4n) is 7.85. The second-order valence-electron chi connectivity index (χ2n) is 19.1. The maximum atomic E-state index is 11.1. The number of nitrogens with zero attached hydrogens (tertiary/aromatic N) is 13. The zero-order chi connectivity index (χ0) is 69.5. The van der Waals surface area contributed by atoms with E-state index in [-0.39, 0.29) is 34.9 Å². The molecule has 0 saturated carbocycles. The largest absolute Gasteiger partial charge is 0.425 e. The van der Waals surface area contributed by atoms with E-state index in [1.165, 1.54) is 87.5 Å². The third kappa shape index (κ3) is 25.1. The Morgan fingerprint density at radius 2 is 0.958 bits per heavy atom. The Morgan fingerprint density at radius 1 is 0.537 bits per heavy atom. The Kier molecular flexibility index (Phi) is 29.8. The summed E-state index contributed by atoms with van der Waals surface area (Å²) in [6.45, 7) is 16.4. The molecule has 10 rings (SSSR count). The van der Waals surface area contributed by atoms with Gasteiger partial charge in [0.05, 0.1) is 37.0 Å². The molecule has 95 heavy (non-hydrogen) atoms. The highest BCUT2D eigenvalue weighted by Gasteiger charge is 2.16. The van der Waals surface area contributed by atoms with E-state index in [9.17, 15) is 43.0 Å². The average Bonchev–Trinajstić information content (AvgIpc) is 1.75. The predicted molar refractivity (Wildman–Crippen MR) is 362 cm³/mol. The quantitative estimate of drug-likeness (QED) is 0.0146. The second kappa shape index (κ2) is 36.3. The van der Waals surface area contributed by atoms with Crippen molar-refractivity contribution in [1.29, 1.82) is 0 Å². The topological polar surface area (TPSA) is 488 Å². The van der Waals surface area contributed by atoms with E-state index in [2.05, 4.69) is 171 Å². The lowest BCUT2D eigenvalue weighted by Crippen LogP contribution is -2.21. The molecule has 0 amide bonds. The standard InChI is InChI=1S/C24H23N5O2S.C17H21N.C7H4N4O6S2.C7H5N3O2S.CH4.H3NO5S.H2O4S/c1-4-28(15-18-7-5-16(2)6-8-18)19-9-11-22(17(3)13-19)25-26-24-21-14-20(29(30)31)10-12-23(21)27-32-24;1-4-18(17-7-5-6-15(3)12-17)13-16-10-8-14(2)9-11-16;12-11(13)4-1-2-6-5(3-4)7(18-9-6)8-10-19(15,16)17-14;8-7-5-3-4(10(11)12)1-2-6(5)9-13-7;;2-1-7(4,5)6-3;1-5(2,3)4/h5-14H,4,15H2,1-3H3;5-12H,4,13H2,1-3H3;1-3,14H;1-3H,8H2;1H4;2-3H,(H,1,4,5);(H2,1,2,3,4). The Labute approximate surface area is 555 Å². The number of anilines is 3. The number of nitrogens with two attached hydrogens (primary N) is 1. The highest BCUT2D eigenvalue weighted by molar-refractivity contribution is 7.85. The van der Waals surface area contributed by atoms with Gasteiger partial charge in [-0.3, -0.25) is 49.2 Å². The SMILES string of the molecule is C.CCN(Cc1ccc(C)cc1)c1ccc(N=Nc2snc3ccc([N+](=O)[O-])cc23)c(C)c1.CCN(Cc1ccc(C)cc1)c1cccc(C)c1.Nc1snc2ccc([N+](=O)[O-])cc12.O=S(=O)(O)O.O=S(O)(=NO)OO.O=[N+]([O-])c1ccc2nsc(N=NS(=O)(=O)OO)c2c1. The molecule has 39 heteroatoms. The van der Waals surface area contributed by atoms with Crippen LogP contribution in [0.3, 0.4) is 0 Å². The number of aryl methyl sites for hydroxylation is 4. The fraction of sp³-hybridized carbons (Fsp3) is 0.196. The third-order valence-corrected chi connectivity index (χ3v) is 15.5. The lowest BCUT2D eigenvalue weighted by atomic mass is 10.1. The monoisotopic (exact) mass is 1430 g/mol. The Bertz CT molecular complexity index is 4670. The van der Waals surface area contributed by atoms with E-state index in [4.69, 9.17) is 43.5 Å². The van der Waals surface area contributed by atoms with Crippen LogP contribution < -0.4 is 15.5 Å². The molecule has 8 N–H and O–H groups in total. The first-order valence-corrected chi connectivity index (χ1v) is 33.1. The zero-order valence-corrected chi connectivity index (χ0v) is 54.9. The minimum Gasteiger partial charge on any atom is -0.389 e. The van der Waals surface area contributed by atoms with Gasteiger partial charge in [0.1, 0.15) is 5.00 Å². The molecule has 33 nitrogen and oxygen atoms in total. The van der Waals surface area contributed by atoms with Crippen molar-refractivity contribution in [3.05, 3.63) is 209 Å². The third-order valence-electron chi connectivity index (χ3n) is 12.4. The van der Waals surface area contributed by atoms with Crippen LogP contribution >= 0.6 is 34.6 Å². The highest BCUT2D eigenvalue weighted by Crippen LogP contribution is 2.36. The van der Waals surface area contributed by atoms with Crippen LogP contribution in [0.1, 0.15) is 54.7 Å². The molecule has 0 aliphatic rings. The van der Waals surface area contributed by atoms with Crippen molar-refractivity contribution >= 4 is 147 Å². The minimum absolute atomic E-state index is 0. The Balaban J connectivity index is 0.000000264. The van der Waals surface area contributed by atoms with Crippen molar-refractivity contribution < 1.29 is 73.9 Å². The van der Waals surface area contributed by atoms with E-state index in [1.54, 1.807) is 16.7 Å². The molecule has 0 aliphatic carbocycles. The molecular formula is C56H62N14O19S6. The van der Waals surface area contributed by atoms with Crippen LogP contribution in [0.5, 0.6) is 0 Å². The van der Waals surface area contributed by atoms with Gasteiger partial charge in [-0.15, -0.1) is 19.7 Å². The second-order valence-corrected chi connectivity index (χ2v) is 24.7. The first-order valence-electron chi connectivity index (χ1n) is 26.6. The van der Waals surface area contributed by atoms with Gasteiger partial charge in [0.25, 0.3) is 17.1 Å². The van der Waals surface area contributed by atoms with Crippen LogP contribution in [-0.2, 0) is 52.8 Å². The number of fused-ring (bicyclic) bond motifs is 3. The van der Waals surface area contributed by atoms with Crippen molar-refractivity contribution in [2.75, 3.05) is 28.6 Å². The van der Waals surface area contributed by atoms with Gasteiger partial charge in [-0.05, 0) is 156 Å². The predicted octanol–water partition coefficient (Wildman–Crippen LogP) is 15.1. The summed E-state index contributed by atoms with van der Waals surface area (Å²) in [6.07, 6.45) is 0. The number of non-ortho nitro benzene ring substituents is 3. The summed E-state index contributed by atoms with van der Waals surface area (Å²) in [6, 6.07) is 45.1. The summed E-state index contributed by atoms with van der Waals surface area (Å²) < 4.78 is 93.0. The van der Waals surface area contributed by atoms with Crippen LogP contribution in [0.2, 0.25) is 0 Å². The van der Waals surface area contributed by atoms with Gasteiger partial charge in [-0.25, -0.2) is 10.5 Å². The maximum absolute atomic E-state index is 11.1. The Hall–Kier alpha value is -9.46. The molecule has 0 bridgehead atoms. The van der Waals surface area contributed by atoms with Crippen LogP contribution in [0.4, 0.5) is 49.1 Å². The zero-order valence-electron chi connectivity index (χ0n) is 50.0. The first kappa shape index (κ1) is 78.0. The van der Waals surface area contributed by atoms with Gasteiger partial charge in [0.2, 0.25) is 0 Å². The van der Waals surface area contributed by atoms with Crippen molar-refractivity contribution in [3.8, 4) is 0 Å². The van der Waals surface area contributed by atoms with Crippen LogP contribution in [0, 0.1) is 58.0 Å². The lowest BCUT2D eigenvalue weighted by molar-refractivity contribution is -0.384. The summed E-state index contributed by atoms with van der Waals surface area (Å²) in [5, 5.41) is 69.6. The molecule has 10 aromatic rings. The van der Waals surface area contributed by atoms with Crippen LogP contribution in [0.15, 0.2) is 170 Å². The number of nitro benzene ring substituents is 3. The number of aromatic nitrogens is 3. The molecule has 1 unspecified atom stereocenters. The summed E-state index contributed by atoms with van der Waals surface area (Å²) in [4.78, 5) is 35.4.